The lowest BCUT2D eigenvalue weighted by molar-refractivity contribution is 0.169. The van der Waals surface area contributed by atoms with Gasteiger partial charge in [0, 0.05) is 18.8 Å². The van der Waals surface area contributed by atoms with Crippen LogP contribution < -0.4 is 0 Å². The summed E-state index contributed by atoms with van der Waals surface area (Å²) < 4.78 is 0. The maximum atomic E-state index is 9.65. The molecule has 1 aromatic heterocycles. The van der Waals surface area contributed by atoms with Gasteiger partial charge < -0.3 is 5.11 Å². The van der Waals surface area contributed by atoms with Crippen LogP contribution in [0.1, 0.15) is 31.4 Å². The topological polar surface area (TPSA) is 33.1 Å². The van der Waals surface area contributed by atoms with E-state index in [1.54, 1.807) is 19.3 Å². The van der Waals surface area contributed by atoms with Crippen molar-refractivity contribution in [1.82, 2.24) is 4.98 Å². The van der Waals surface area contributed by atoms with Gasteiger partial charge in [-0.05, 0) is 31.0 Å². The van der Waals surface area contributed by atoms with Crippen molar-refractivity contribution < 1.29 is 5.11 Å². The number of hydrogen-bond donors (Lipinski definition) is 1. The molecule has 2 heteroatoms. The minimum absolute atomic E-state index is 0.413. The highest BCUT2D eigenvalue weighted by molar-refractivity contribution is 5.13. The van der Waals surface area contributed by atoms with Crippen molar-refractivity contribution in [2.75, 3.05) is 0 Å². The van der Waals surface area contributed by atoms with E-state index in [1.807, 2.05) is 12.1 Å². The van der Waals surface area contributed by atoms with Crippen LogP contribution in [0, 0.1) is 11.8 Å². The summed E-state index contributed by atoms with van der Waals surface area (Å²) in [5.74, 6) is 5.72. The summed E-state index contributed by atoms with van der Waals surface area (Å²) in [5, 5.41) is 9.65. The smallest absolute Gasteiger partial charge is 0.0800 e. The van der Waals surface area contributed by atoms with Gasteiger partial charge in [-0.15, -0.1) is 11.8 Å². The van der Waals surface area contributed by atoms with Crippen molar-refractivity contribution in [1.29, 1.82) is 0 Å². The first-order valence-corrected chi connectivity index (χ1v) is 4.32. The predicted molar refractivity (Wildman–Crippen MR) is 51.9 cm³/mol. The van der Waals surface area contributed by atoms with Gasteiger partial charge in [0.1, 0.15) is 0 Å². The van der Waals surface area contributed by atoms with E-state index in [4.69, 9.17) is 0 Å². The van der Waals surface area contributed by atoms with Crippen molar-refractivity contribution in [2.45, 2.75) is 25.9 Å². The lowest BCUT2D eigenvalue weighted by atomic mass is 10.1. The Hall–Kier alpha value is -1.33. The number of pyridine rings is 1. The SMILES string of the molecule is CC#CCCC(O)c1ccncc1. The summed E-state index contributed by atoms with van der Waals surface area (Å²) in [6, 6.07) is 3.65. The molecule has 0 aliphatic heterocycles. The maximum absolute atomic E-state index is 9.65. The molecule has 13 heavy (non-hydrogen) atoms. The Balaban J connectivity index is 2.47. The summed E-state index contributed by atoms with van der Waals surface area (Å²) in [6.45, 7) is 1.80. The van der Waals surface area contributed by atoms with Crippen LogP contribution >= 0.6 is 0 Å². The first-order chi connectivity index (χ1) is 6.34. The number of aromatic nitrogens is 1. The molecule has 1 heterocycles. The molecule has 1 rings (SSSR count). The van der Waals surface area contributed by atoms with Crippen LogP contribution in [0.4, 0.5) is 0 Å². The van der Waals surface area contributed by atoms with Crippen molar-refractivity contribution in [3.8, 4) is 11.8 Å². The minimum Gasteiger partial charge on any atom is -0.388 e. The Morgan fingerprint density at radius 1 is 1.46 bits per heavy atom. The molecule has 1 atom stereocenters. The molecule has 0 saturated heterocycles. The van der Waals surface area contributed by atoms with Gasteiger partial charge in [0.25, 0.3) is 0 Å². The lowest BCUT2D eigenvalue weighted by Crippen LogP contribution is -1.96. The molecule has 0 spiro atoms. The predicted octanol–water partition coefficient (Wildman–Crippen LogP) is 1.92. The molecule has 1 N–H and O–H groups in total. The van der Waals surface area contributed by atoms with Crippen molar-refractivity contribution in [3.63, 3.8) is 0 Å². The highest BCUT2D eigenvalue weighted by atomic mass is 16.3. The molecule has 0 amide bonds. The highest BCUT2D eigenvalue weighted by Gasteiger charge is 2.04. The molecule has 0 aliphatic rings. The average Bonchev–Trinajstić information content (AvgIpc) is 2.19. The fraction of sp³-hybridized carbons (Fsp3) is 0.364. The number of hydrogen-bond acceptors (Lipinski definition) is 2. The lowest BCUT2D eigenvalue weighted by Gasteiger charge is -2.07. The van der Waals surface area contributed by atoms with E-state index >= 15 is 0 Å². The monoisotopic (exact) mass is 175 g/mol. The van der Waals surface area contributed by atoms with E-state index in [2.05, 4.69) is 16.8 Å². The third kappa shape index (κ3) is 3.27. The molecule has 1 aromatic rings. The minimum atomic E-state index is -0.413. The summed E-state index contributed by atoms with van der Waals surface area (Å²) in [4.78, 5) is 3.89. The second-order valence-corrected chi connectivity index (χ2v) is 2.76. The van der Waals surface area contributed by atoms with Gasteiger partial charge in [0.15, 0.2) is 0 Å². The number of nitrogens with zero attached hydrogens (tertiary/aromatic N) is 1. The summed E-state index contributed by atoms with van der Waals surface area (Å²) in [5.41, 5.74) is 0.910. The molecule has 0 aromatic carbocycles. The van der Waals surface area contributed by atoms with Crippen LogP contribution in [0.2, 0.25) is 0 Å². The zero-order valence-corrected chi connectivity index (χ0v) is 7.70. The highest BCUT2D eigenvalue weighted by Crippen LogP contribution is 2.16. The number of aliphatic hydroxyl groups excluding tert-OH is 1. The average molecular weight is 175 g/mol. The fourth-order valence-corrected chi connectivity index (χ4v) is 1.09. The van der Waals surface area contributed by atoms with Gasteiger partial charge in [-0.1, -0.05) is 0 Å². The van der Waals surface area contributed by atoms with E-state index in [9.17, 15) is 5.11 Å². The number of rotatable bonds is 3. The van der Waals surface area contributed by atoms with E-state index in [0.29, 0.717) is 6.42 Å². The normalized spacial score (nSPS) is 11.5. The van der Waals surface area contributed by atoms with Gasteiger partial charge in [-0.2, -0.15) is 0 Å². The van der Waals surface area contributed by atoms with E-state index < -0.39 is 6.10 Å². The summed E-state index contributed by atoms with van der Waals surface area (Å²) >= 11 is 0. The van der Waals surface area contributed by atoms with Gasteiger partial charge in [-0.3, -0.25) is 4.98 Å². The Kier molecular flexibility index (Phi) is 4.01. The van der Waals surface area contributed by atoms with Crippen LogP contribution in [0.5, 0.6) is 0 Å². The van der Waals surface area contributed by atoms with E-state index in [1.165, 1.54) is 0 Å². The zero-order valence-electron chi connectivity index (χ0n) is 7.70. The Morgan fingerprint density at radius 2 is 2.15 bits per heavy atom. The standard InChI is InChI=1S/C11H13NO/c1-2-3-4-5-11(13)10-6-8-12-9-7-10/h6-9,11,13H,4-5H2,1H3. The molecule has 2 nitrogen and oxygen atoms in total. The van der Waals surface area contributed by atoms with Crippen LogP contribution in [-0.4, -0.2) is 10.1 Å². The maximum Gasteiger partial charge on any atom is 0.0800 e. The molecule has 0 bridgehead atoms. The molecule has 0 radical (unpaired) electrons. The second kappa shape index (κ2) is 5.34. The molecular formula is C11H13NO. The van der Waals surface area contributed by atoms with Crippen LogP contribution in [-0.2, 0) is 0 Å². The third-order valence-corrected chi connectivity index (χ3v) is 1.81. The molecule has 1 unspecified atom stereocenters. The first-order valence-electron chi connectivity index (χ1n) is 4.32. The molecule has 0 aliphatic carbocycles. The van der Waals surface area contributed by atoms with Crippen molar-refractivity contribution in [2.24, 2.45) is 0 Å². The largest absolute Gasteiger partial charge is 0.388 e. The van der Waals surface area contributed by atoms with Crippen LogP contribution in [0.25, 0.3) is 0 Å². The van der Waals surface area contributed by atoms with Crippen LogP contribution in [0.15, 0.2) is 24.5 Å². The van der Waals surface area contributed by atoms with Gasteiger partial charge in [-0.25, -0.2) is 0 Å². The second-order valence-electron chi connectivity index (χ2n) is 2.76. The Bertz CT molecular complexity index is 297. The van der Waals surface area contributed by atoms with Gasteiger partial charge in [0.2, 0.25) is 0 Å². The quantitative estimate of drug-likeness (QED) is 0.712. The molecule has 0 saturated carbocycles. The van der Waals surface area contributed by atoms with Gasteiger partial charge >= 0.3 is 0 Å². The third-order valence-electron chi connectivity index (χ3n) is 1.81. The Labute approximate surface area is 78.6 Å². The zero-order chi connectivity index (χ0) is 9.52. The number of aliphatic hydroxyl groups is 1. The van der Waals surface area contributed by atoms with E-state index in [-0.39, 0.29) is 0 Å². The van der Waals surface area contributed by atoms with Crippen molar-refractivity contribution in [3.05, 3.63) is 30.1 Å². The van der Waals surface area contributed by atoms with E-state index in [0.717, 1.165) is 12.0 Å². The fourth-order valence-electron chi connectivity index (χ4n) is 1.09. The first kappa shape index (κ1) is 9.76. The molecular weight excluding hydrogens is 162 g/mol. The summed E-state index contributed by atoms with van der Waals surface area (Å²) in [6.07, 6.45) is 4.38. The molecule has 0 fully saturated rings. The van der Waals surface area contributed by atoms with Crippen LogP contribution in [0.3, 0.4) is 0 Å². The van der Waals surface area contributed by atoms with Crippen molar-refractivity contribution >= 4 is 0 Å². The molecule has 68 valence electrons. The van der Waals surface area contributed by atoms with Gasteiger partial charge in [0.05, 0.1) is 6.10 Å². The Morgan fingerprint density at radius 3 is 2.77 bits per heavy atom. The summed E-state index contributed by atoms with van der Waals surface area (Å²) in [7, 11) is 0.